The minimum Gasteiger partial charge on any atom is -0.494 e. The Morgan fingerprint density at radius 1 is 1.20 bits per heavy atom. The highest BCUT2D eigenvalue weighted by Gasteiger charge is 2.07. The molecule has 6 nitrogen and oxygen atoms in total. The molecule has 0 bridgehead atoms. The number of rotatable bonds is 6. The first kappa shape index (κ1) is 14.3. The minimum atomic E-state index is -0.268. The van der Waals surface area contributed by atoms with Gasteiger partial charge in [-0.3, -0.25) is 10.1 Å². The lowest BCUT2D eigenvalue weighted by molar-refractivity contribution is -0.118. The van der Waals surface area contributed by atoms with Gasteiger partial charge in [0.25, 0.3) is 5.91 Å². The number of nitrogens with zero attached hydrogens (tertiary/aromatic N) is 2. The van der Waals surface area contributed by atoms with E-state index in [4.69, 9.17) is 9.47 Å². The number of ether oxygens (including phenoxy) is 2. The van der Waals surface area contributed by atoms with Crippen LogP contribution < -0.4 is 14.8 Å². The van der Waals surface area contributed by atoms with E-state index in [1.54, 1.807) is 24.3 Å². The lowest BCUT2D eigenvalue weighted by atomic mass is 10.3. The Labute approximate surface area is 120 Å². The van der Waals surface area contributed by atoms with E-state index in [2.05, 4.69) is 15.5 Å². The van der Waals surface area contributed by atoms with Gasteiger partial charge in [-0.15, -0.1) is 10.2 Å². The van der Waals surface area contributed by atoms with Crippen LogP contribution in [-0.4, -0.2) is 29.3 Å². The third kappa shape index (κ3) is 4.20. The van der Waals surface area contributed by atoms with Gasteiger partial charge in [-0.25, -0.2) is 0 Å². The molecule has 0 unspecified atom stereocenters. The van der Waals surface area contributed by atoms with E-state index < -0.39 is 0 Å². The van der Waals surface area contributed by atoms with Crippen molar-refractivity contribution in [2.24, 2.45) is 0 Å². The molecule has 1 aromatic heterocycles. The highest BCUT2D eigenvalue weighted by molar-refractivity contribution is 7.15. The molecule has 1 aromatic carbocycles. The summed E-state index contributed by atoms with van der Waals surface area (Å²) in [5.74, 6) is 1.11. The third-order valence-corrected chi connectivity index (χ3v) is 3.03. The van der Waals surface area contributed by atoms with Gasteiger partial charge >= 0.3 is 0 Å². The van der Waals surface area contributed by atoms with Crippen molar-refractivity contribution in [3.05, 3.63) is 29.3 Å². The zero-order valence-corrected chi connectivity index (χ0v) is 12.1. The number of benzene rings is 1. The molecule has 0 atom stereocenters. The summed E-state index contributed by atoms with van der Waals surface area (Å²) in [7, 11) is 0. The Morgan fingerprint density at radius 2 is 1.85 bits per heavy atom. The summed E-state index contributed by atoms with van der Waals surface area (Å²) >= 11 is 1.32. The summed E-state index contributed by atoms with van der Waals surface area (Å²) in [6, 6.07) is 7.11. The van der Waals surface area contributed by atoms with Crippen molar-refractivity contribution in [3.8, 4) is 11.5 Å². The molecule has 0 fully saturated rings. The van der Waals surface area contributed by atoms with E-state index >= 15 is 0 Å². The van der Waals surface area contributed by atoms with Gasteiger partial charge in [-0.1, -0.05) is 11.3 Å². The molecular formula is C13H15N3O3S. The van der Waals surface area contributed by atoms with E-state index in [1.165, 1.54) is 11.3 Å². The average Bonchev–Trinajstić information content (AvgIpc) is 2.84. The standard InChI is InChI=1S/C13H15N3O3S/c1-3-18-10-4-6-11(7-5-10)19-8-12(17)14-13-16-15-9(2)20-13/h4-7H,3,8H2,1-2H3,(H,14,16,17). The van der Waals surface area contributed by atoms with Crippen molar-refractivity contribution in [1.29, 1.82) is 0 Å². The van der Waals surface area contributed by atoms with Crippen molar-refractivity contribution in [2.45, 2.75) is 13.8 Å². The van der Waals surface area contributed by atoms with Crippen LogP contribution in [0.1, 0.15) is 11.9 Å². The second-order valence-corrected chi connectivity index (χ2v) is 5.05. The molecule has 0 radical (unpaired) electrons. The third-order valence-electron chi connectivity index (χ3n) is 2.28. The molecule has 0 spiro atoms. The van der Waals surface area contributed by atoms with Gasteiger partial charge < -0.3 is 9.47 Å². The minimum absolute atomic E-state index is 0.0768. The largest absolute Gasteiger partial charge is 0.494 e. The first-order valence-corrected chi connectivity index (χ1v) is 6.94. The van der Waals surface area contributed by atoms with Gasteiger partial charge in [0, 0.05) is 0 Å². The summed E-state index contributed by atoms with van der Waals surface area (Å²) in [4.78, 5) is 11.6. The molecule has 1 amide bonds. The van der Waals surface area contributed by atoms with E-state index in [9.17, 15) is 4.79 Å². The van der Waals surface area contributed by atoms with Crippen LogP contribution >= 0.6 is 11.3 Å². The van der Waals surface area contributed by atoms with Gasteiger partial charge in [-0.2, -0.15) is 0 Å². The topological polar surface area (TPSA) is 73.3 Å². The van der Waals surface area contributed by atoms with E-state index in [-0.39, 0.29) is 12.5 Å². The van der Waals surface area contributed by atoms with E-state index in [0.29, 0.717) is 17.5 Å². The zero-order chi connectivity index (χ0) is 14.4. The first-order chi connectivity index (χ1) is 9.67. The average molecular weight is 293 g/mol. The maximum absolute atomic E-state index is 11.6. The molecule has 0 aliphatic rings. The van der Waals surface area contributed by atoms with Crippen molar-refractivity contribution >= 4 is 22.4 Å². The fraction of sp³-hybridized carbons (Fsp3) is 0.308. The summed E-state index contributed by atoms with van der Waals surface area (Å²) < 4.78 is 10.7. The lowest BCUT2D eigenvalue weighted by Gasteiger charge is -2.07. The SMILES string of the molecule is CCOc1ccc(OCC(=O)Nc2nnc(C)s2)cc1. The highest BCUT2D eigenvalue weighted by atomic mass is 32.1. The Balaban J connectivity index is 1.80. The summed E-state index contributed by atoms with van der Waals surface area (Å²) in [6.45, 7) is 4.28. The Kier molecular flexibility index (Phi) is 4.89. The molecule has 20 heavy (non-hydrogen) atoms. The van der Waals surface area contributed by atoms with Crippen LogP contribution in [0, 0.1) is 6.92 Å². The summed E-state index contributed by atoms with van der Waals surface area (Å²) in [5, 5.41) is 11.5. The van der Waals surface area contributed by atoms with E-state index in [1.807, 2.05) is 13.8 Å². The first-order valence-electron chi connectivity index (χ1n) is 6.13. The predicted octanol–water partition coefficient (Wildman–Crippen LogP) is 2.26. The second-order valence-electron chi connectivity index (χ2n) is 3.87. The molecule has 1 N–H and O–H groups in total. The van der Waals surface area contributed by atoms with Gasteiger partial charge in [0.2, 0.25) is 5.13 Å². The van der Waals surface area contributed by atoms with Gasteiger partial charge in [0.15, 0.2) is 6.61 Å². The Morgan fingerprint density at radius 3 is 2.40 bits per heavy atom. The number of carbonyl (C=O) groups is 1. The maximum Gasteiger partial charge on any atom is 0.264 e. The number of amides is 1. The fourth-order valence-corrected chi connectivity index (χ4v) is 2.06. The lowest BCUT2D eigenvalue weighted by Crippen LogP contribution is -2.20. The maximum atomic E-state index is 11.6. The van der Waals surface area contributed by atoms with Crippen molar-refractivity contribution in [1.82, 2.24) is 10.2 Å². The van der Waals surface area contributed by atoms with Gasteiger partial charge in [0.05, 0.1) is 6.61 Å². The molecule has 2 aromatic rings. The van der Waals surface area contributed by atoms with Crippen LogP contribution in [0.15, 0.2) is 24.3 Å². The summed E-state index contributed by atoms with van der Waals surface area (Å²) in [6.07, 6.45) is 0. The Bertz CT molecular complexity index is 568. The number of hydrogen-bond donors (Lipinski definition) is 1. The van der Waals surface area contributed by atoms with Crippen LogP contribution in [0.5, 0.6) is 11.5 Å². The smallest absolute Gasteiger partial charge is 0.264 e. The molecule has 0 aliphatic heterocycles. The molecule has 1 heterocycles. The van der Waals surface area contributed by atoms with Crippen LogP contribution in [0.3, 0.4) is 0 Å². The van der Waals surface area contributed by atoms with Gasteiger partial charge in [-0.05, 0) is 38.1 Å². The highest BCUT2D eigenvalue weighted by Crippen LogP contribution is 2.18. The van der Waals surface area contributed by atoms with Crippen LogP contribution in [0.4, 0.5) is 5.13 Å². The van der Waals surface area contributed by atoms with Crippen LogP contribution in [0.2, 0.25) is 0 Å². The number of anilines is 1. The number of nitrogens with one attached hydrogen (secondary N) is 1. The molecule has 0 aliphatic carbocycles. The number of aromatic nitrogens is 2. The molecule has 106 valence electrons. The Hall–Kier alpha value is -2.15. The van der Waals surface area contributed by atoms with Crippen molar-refractivity contribution in [3.63, 3.8) is 0 Å². The molecule has 0 saturated heterocycles. The van der Waals surface area contributed by atoms with Crippen LogP contribution in [-0.2, 0) is 4.79 Å². The molecular weight excluding hydrogens is 278 g/mol. The monoisotopic (exact) mass is 293 g/mol. The molecule has 2 rings (SSSR count). The normalized spacial score (nSPS) is 10.1. The quantitative estimate of drug-likeness (QED) is 0.884. The number of carbonyl (C=O) groups excluding carboxylic acids is 1. The van der Waals surface area contributed by atoms with Crippen molar-refractivity contribution in [2.75, 3.05) is 18.5 Å². The zero-order valence-electron chi connectivity index (χ0n) is 11.3. The van der Waals surface area contributed by atoms with E-state index in [0.717, 1.165) is 10.8 Å². The summed E-state index contributed by atoms with van der Waals surface area (Å²) in [5.41, 5.74) is 0. The second kappa shape index (κ2) is 6.85. The van der Waals surface area contributed by atoms with Crippen molar-refractivity contribution < 1.29 is 14.3 Å². The molecule has 0 saturated carbocycles. The number of aryl methyl sites for hydroxylation is 1. The predicted molar refractivity (Wildman–Crippen MR) is 76.4 cm³/mol. The van der Waals surface area contributed by atoms with Crippen LogP contribution in [0.25, 0.3) is 0 Å². The number of hydrogen-bond acceptors (Lipinski definition) is 6. The molecule has 7 heteroatoms. The fourth-order valence-electron chi connectivity index (χ4n) is 1.45. The van der Waals surface area contributed by atoms with Gasteiger partial charge in [0.1, 0.15) is 16.5 Å².